The van der Waals surface area contributed by atoms with E-state index in [0.717, 1.165) is 32.7 Å². The molecule has 90 valence electrons. The lowest BCUT2D eigenvalue weighted by atomic mass is 10.0. The summed E-state index contributed by atoms with van der Waals surface area (Å²) in [4.78, 5) is 5.37. The van der Waals surface area contributed by atoms with E-state index in [9.17, 15) is 0 Å². The molecule has 4 heteroatoms. The molecule has 18 heavy (non-hydrogen) atoms. The third kappa shape index (κ3) is 1.69. The van der Waals surface area contributed by atoms with Gasteiger partial charge in [-0.25, -0.2) is 4.58 Å². The van der Waals surface area contributed by atoms with Crippen LogP contribution >= 0.6 is 12.6 Å². The SMILES string of the molecule is COc1c(C2=C[N+](C)=C2)cnc2ccc(S)cc12. The number of methoxy groups -OCH3 is 1. The molecule has 0 saturated heterocycles. The number of nitrogens with zero attached hydrogens (tertiary/aromatic N) is 2. The number of thiol groups is 1. The van der Waals surface area contributed by atoms with Gasteiger partial charge in [0.15, 0.2) is 12.4 Å². The average molecular weight is 257 g/mol. The molecule has 1 aliphatic rings. The van der Waals surface area contributed by atoms with Crippen LogP contribution in [0.25, 0.3) is 16.5 Å². The monoisotopic (exact) mass is 257 g/mol. The van der Waals surface area contributed by atoms with Crippen molar-refractivity contribution in [3.63, 3.8) is 0 Å². The zero-order chi connectivity index (χ0) is 12.7. The third-order valence-corrected chi connectivity index (χ3v) is 3.28. The van der Waals surface area contributed by atoms with Crippen molar-refractivity contribution in [2.75, 3.05) is 14.2 Å². The van der Waals surface area contributed by atoms with Gasteiger partial charge in [-0.1, -0.05) is 0 Å². The van der Waals surface area contributed by atoms with E-state index in [1.54, 1.807) is 7.11 Å². The van der Waals surface area contributed by atoms with Crippen LogP contribution < -0.4 is 4.74 Å². The first-order chi connectivity index (χ1) is 8.69. The Morgan fingerprint density at radius 2 is 2.11 bits per heavy atom. The summed E-state index contributed by atoms with van der Waals surface area (Å²) < 4.78 is 7.56. The Hall–Kier alpha value is -1.81. The highest BCUT2D eigenvalue weighted by molar-refractivity contribution is 7.80. The van der Waals surface area contributed by atoms with Crippen LogP contribution in [0.4, 0.5) is 0 Å². The van der Waals surface area contributed by atoms with E-state index in [4.69, 9.17) is 4.74 Å². The maximum atomic E-state index is 5.55. The van der Waals surface area contributed by atoms with E-state index in [2.05, 4.69) is 30.0 Å². The van der Waals surface area contributed by atoms with Gasteiger partial charge in [0.05, 0.1) is 18.2 Å². The van der Waals surface area contributed by atoms with Gasteiger partial charge in [0.2, 0.25) is 0 Å². The predicted molar refractivity (Wildman–Crippen MR) is 75.8 cm³/mol. The molecule has 0 bridgehead atoms. The summed E-state index contributed by atoms with van der Waals surface area (Å²) in [5.74, 6) is 0.853. The number of allylic oxidation sites excluding steroid dienone is 1. The topological polar surface area (TPSA) is 25.1 Å². The van der Waals surface area contributed by atoms with Gasteiger partial charge >= 0.3 is 0 Å². The predicted octanol–water partition coefficient (Wildman–Crippen LogP) is 2.60. The molecule has 0 saturated carbocycles. The van der Waals surface area contributed by atoms with Crippen LogP contribution in [-0.2, 0) is 0 Å². The molecule has 0 fully saturated rings. The van der Waals surface area contributed by atoms with Crippen LogP contribution in [0.5, 0.6) is 5.75 Å². The largest absolute Gasteiger partial charge is 0.495 e. The Kier molecular flexibility index (Phi) is 2.59. The zero-order valence-electron chi connectivity index (χ0n) is 10.2. The van der Waals surface area contributed by atoms with Crippen molar-refractivity contribution in [1.82, 2.24) is 4.98 Å². The number of pyridine rings is 1. The molecule has 0 spiro atoms. The zero-order valence-corrected chi connectivity index (χ0v) is 11.1. The van der Waals surface area contributed by atoms with Gasteiger partial charge in [-0.2, -0.15) is 0 Å². The van der Waals surface area contributed by atoms with E-state index in [1.165, 1.54) is 0 Å². The Balaban J connectivity index is 2.24. The minimum Gasteiger partial charge on any atom is -0.495 e. The first-order valence-electron chi connectivity index (χ1n) is 5.64. The number of fused-ring (bicyclic) bond motifs is 1. The fourth-order valence-corrected chi connectivity index (χ4v) is 2.35. The Labute approximate surface area is 111 Å². The van der Waals surface area contributed by atoms with Gasteiger partial charge in [-0.05, 0) is 18.2 Å². The smallest absolute Gasteiger partial charge is 0.182 e. The Morgan fingerprint density at radius 1 is 1.33 bits per heavy atom. The van der Waals surface area contributed by atoms with Crippen molar-refractivity contribution in [2.45, 2.75) is 4.90 Å². The van der Waals surface area contributed by atoms with E-state index in [-0.39, 0.29) is 0 Å². The molecule has 1 aliphatic heterocycles. The molecule has 0 unspecified atom stereocenters. The minimum atomic E-state index is 0.853. The van der Waals surface area contributed by atoms with Crippen LogP contribution in [0.1, 0.15) is 5.56 Å². The standard InChI is InChI=1S/C14H12N2OS/c1-16-7-9(8-16)12-6-15-13-4-3-10(18)5-11(13)14(12)17-2/h3-8H,1-2H3/p+1. The van der Waals surface area contributed by atoms with Crippen molar-refractivity contribution >= 4 is 35.3 Å². The number of aromatic nitrogens is 1. The van der Waals surface area contributed by atoms with Gasteiger partial charge < -0.3 is 4.74 Å². The van der Waals surface area contributed by atoms with E-state index in [0.29, 0.717) is 0 Å². The van der Waals surface area contributed by atoms with E-state index >= 15 is 0 Å². The first kappa shape index (κ1) is 11.3. The van der Waals surface area contributed by atoms with Crippen LogP contribution in [0.2, 0.25) is 0 Å². The lowest BCUT2D eigenvalue weighted by Crippen LogP contribution is -2.12. The second-order valence-corrected chi connectivity index (χ2v) is 4.80. The van der Waals surface area contributed by atoms with Crippen LogP contribution in [0.15, 0.2) is 35.5 Å². The third-order valence-electron chi connectivity index (χ3n) is 3.00. The molecule has 0 aliphatic carbocycles. The quantitative estimate of drug-likeness (QED) is 0.661. The number of rotatable bonds is 2. The molecule has 1 aromatic carbocycles. The van der Waals surface area contributed by atoms with Crippen molar-refractivity contribution < 1.29 is 9.31 Å². The van der Waals surface area contributed by atoms with Crippen molar-refractivity contribution in [2.24, 2.45) is 0 Å². The molecule has 1 aromatic heterocycles. The van der Waals surface area contributed by atoms with Crippen molar-refractivity contribution in [3.05, 3.63) is 36.2 Å². The maximum absolute atomic E-state index is 5.55. The van der Waals surface area contributed by atoms with E-state index < -0.39 is 0 Å². The first-order valence-corrected chi connectivity index (χ1v) is 6.08. The molecular weight excluding hydrogens is 244 g/mol. The number of ether oxygens (including phenoxy) is 1. The van der Waals surface area contributed by atoms with Gasteiger partial charge in [0.1, 0.15) is 18.4 Å². The van der Waals surface area contributed by atoms with Crippen LogP contribution in [-0.4, -0.2) is 29.9 Å². The second-order valence-electron chi connectivity index (χ2n) is 4.29. The summed E-state index contributed by atoms with van der Waals surface area (Å²) in [7, 11) is 3.68. The van der Waals surface area contributed by atoms with Crippen LogP contribution in [0, 0.1) is 0 Å². The highest BCUT2D eigenvalue weighted by atomic mass is 32.1. The molecule has 3 nitrogen and oxygen atoms in total. The number of hydrogen-bond acceptors (Lipinski definition) is 3. The summed E-state index contributed by atoms with van der Waals surface area (Å²) in [5, 5.41) is 0.992. The molecule has 0 atom stereocenters. The van der Waals surface area contributed by atoms with Gasteiger partial charge in [-0.3, -0.25) is 4.98 Å². The van der Waals surface area contributed by atoms with Gasteiger partial charge in [0, 0.05) is 16.5 Å². The normalized spacial score (nSPS) is 13.9. The molecule has 0 amide bonds. The highest BCUT2D eigenvalue weighted by Gasteiger charge is 2.21. The molecule has 2 aromatic rings. The average Bonchev–Trinajstić information content (AvgIpc) is 2.33. The van der Waals surface area contributed by atoms with E-state index in [1.807, 2.05) is 36.0 Å². The fraction of sp³-hybridized carbons (Fsp3) is 0.143. The molecule has 2 heterocycles. The molecule has 0 radical (unpaired) electrons. The summed E-state index contributed by atoms with van der Waals surface area (Å²) >= 11 is 4.37. The van der Waals surface area contributed by atoms with Gasteiger partial charge in [-0.15, -0.1) is 12.6 Å². The van der Waals surface area contributed by atoms with Crippen molar-refractivity contribution in [1.29, 1.82) is 0 Å². The summed E-state index contributed by atoms with van der Waals surface area (Å²) in [6, 6.07) is 5.87. The molecule has 3 rings (SSSR count). The van der Waals surface area contributed by atoms with Crippen molar-refractivity contribution in [3.8, 4) is 5.75 Å². The summed E-state index contributed by atoms with van der Waals surface area (Å²) in [6.45, 7) is 0. The van der Waals surface area contributed by atoms with Crippen LogP contribution in [0.3, 0.4) is 0 Å². The fourth-order valence-electron chi connectivity index (χ4n) is 2.15. The number of benzene rings is 1. The summed E-state index contributed by atoms with van der Waals surface area (Å²) in [5.41, 5.74) is 3.07. The lowest BCUT2D eigenvalue weighted by Gasteiger charge is -2.13. The lowest BCUT2D eigenvalue weighted by molar-refractivity contribution is -0.423. The minimum absolute atomic E-state index is 0.853. The van der Waals surface area contributed by atoms with Gasteiger partial charge in [0.25, 0.3) is 0 Å². The Morgan fingerprint density at radius 3 is 2.78 bits per heavy atom. The maximum Gasteiger partial charge on any atom is 0.182 e. The molecule has 0 N–H and O–H groups in total. The molecular formula is C14H13N2OS+. The second kappa shape index (κ2) is 4.14. The highest BCUT2D eigenvalue weighted by Crippen LogP contribution is 2.34. The Bertz CT molecular complexity index is 704. The number of hydrogen-bond donors (Lipinski definition) is 1. The summed E-state index contributed by atoms with van der Waals surface area (Å²) in [6.07, 6.45) is 5.96.